The van der Waals surface area contributed by atoms with Gasteiger partial charge in [-0.05, 0) is 37.8 Å². The van der Waals surface area contributed by atoms with Gasteiger partial charge in [0.05, 0.1) is 0 Å². The molecule has 2 heteroatoms. The van der Waals surface area contributed by atoms with Crippen LogP contribution in [0.5, 0.6) is 5.75 Å². The molecule has 0 spiro atoms. The standard InChI is InChI=1S/C12H17NO/c1-8-7-9(2)12(14)10-5-4-6-13(3)11(8)10/h7,14H,4-6H2,1-3H3. The molecule has 1 heterocycles. The van der Waals surface area contributed by atoms with Gasteiger partial charge in [-0.2, -0.15) is 0 Å². The van der Waals surface area contributed by atoms with Gasteiger partial charge in [0.15, 0.2) is 0 Å². The molecule has 1 aliphatic heterocycles. The van der Waals surface area contributed by atoms with E-state index in [1.165, 1.54) is 11.3 Å². The van der Waals surface area contributed by atoms with E-state index in [9.17, 15) is 5.11 Å². The Morgan fingerprint density at radius 1 is 1.29 bits per heavy atom. The summed E-state index contributed by atoms with van der Waals surface area (Å²) in [6, 6.07) is 2.07. The molecule has 1 aromatic rings. The fraction of sp³-hybridized carbons (Fsp3) is 0.500. The van der Waals surface area contributed by atoms with E-state index in [-0.39, 0.29) is 0 Å². The summed E-state index contributed by atoms with van der Waals surface area (Å²) in [5, 5.41) is 9.96. The van der Waals surface area contributed by atoms with Gasteiger partial charge < -0.3 is 10.0 Å². The number of phenolic OH excluding ortho intramolecular Hbond substituents is 1. The molecule has 1 N–H and O–H groups in total. The molecule has 14 heavy (non-hydrogen) atoms. The molecule has 1 aromatic carbocycles. The van der Waals surface area contributed by atoms with Crippen LogP contribution in [0.1, 0.15) is 23.1 Å². The zero-order valence-electron chi connectivity index (χ0n) is 9.09. The summed E-state index contributed by atoms with van der Waals surface area (Å²) in [5.41, 5.74) is 4.64. The second-order valence-corrected chi connectivity index (χ2v) is 4.21. The quantitative estimate of drug-likeness (QED) is 0.680. The summed E-state index contributed by atoms with van der Waals surface area (Å²) in [6.07, 6.45) is 2.15. The normalized spacial score (nSPS) is 15.5. The Hall–Kier alpha value is -1.18. The van der Waals surface area contributed by atoms with Gasteiger partial charge in [0.1, 0.15) is 5.75 Å². The van der Waals surface area contributed by atoms with Crippen molar-refractivity contribution in [2.24, 2.45) is 0 Å². The van der Waals surface area contributed by atoms with Crippen molar-refractivity contribution in [3.8, 4) is 5.75 Å². The topological polar surface area (TPSA) is 23.5 Å². The molecule has 0 unspecified atom stereocenters. The van der Waals surface area contributed by atoms with Crippen LogP contribution in [0, 0.1) is 13.8 Å². The lowest BCUT2D eigenvalue weighted by molar-refractivity contribution is 0.461. The van der Waals surface area contributed by atoms with Crippen molar-refractivity contribution in [1.29, 1.82) is 0 Å². The predicted octanol–water partition coefficient (Wildman–Crippen LogP) is 2.39. The van der Waals surface area contributed by atoms with Gasteiger partial charge in [0.25, 0.3) is 0 Å². The van der Waals surface area contributed by atoms with Gasteiger partial charge in [-0.15, -0.1) is 0 Å². The number of nitrogens with zero attached hydrogens (tertiary/aromatic N) is 1. The minimum atomic E-state index is 0.497. The molecule has 2 nitrogen and oxygen atoms in total. The van der Waals surface area contributed by atoms with Gasteiger partial charge in [0, 0.05) is 24.8 Å². The minimum Gasteiger partial charge on any atom is -0.507 e. The fourth-order valence-electron chi connectivity index (χ4n) is 2.42. The van der Waals surface area contributed by atoms with Gasteiger partial charge >= 0.3 is 0 Å². The zero-order chi connectivity index (χ0) is 10.3. The summed E-state index contributed by atoms with van der Waals surface area (Å²) in [7, 11) is 2.10. The molecule has 1 aliphatic rings. The van der Waals surface area contributed by atoms with Crippen molar-refractivity contribution in [1.82, 2.24) is 0 Å². The molecule has 0 aliphatic carbocycles. The molecule has 0 saturated heterocycles. The Bertz CT molecular complexity index is 371. The Labute approximate surface area is 85.2 Å². The van der Waals surface area contributed by atoms with Crippen LogP contribution in [-0.2, 0) is 6.42 Å². The summed E-state index contributed by atoms with van der Waals surface area (Å²) in [6.45, 7) is 5.18. The van der Waals surface area contributed by atoms with Crippen molar-refractivity contribution < 1.29 is 5.11 Å². The highest BCUT2D eigenvalue weighted by Gasteiger charge is 2.20. The first-order chi connectivity index (χ1) is 6.61. The van der Waals surface area contributed by atoms with Crippen molar-refractivity contribution in [2.45, 2.75) is 26.7 Å². The van der Waals surface area contributed by atoms with Crippen LogP contribution < -0.4 is 4.90 Å². The van der Waals surface area contributed by atoms with Gasteiger partial charge in [-0.25, -0.2) is 0 Å². The summed E-state index contributed by atoms with van der Waals surface area (Å²) in [4.78, 5) is 2.24. The first-order valence-electron chi connectivity index (χ1n) is 5.14. The van der Waals surface area contributed by atoms with Crippen LogP contribution in [0.2, 0.25) is 0 Å². The highest BCUT2D eigenvalue weighted by atomic mass is 16.3. The maximum atomic E-state index is 9.96. The van der Waals surface area contributed by atoms with E-state index < -0.39 is 0 Å². The highest BCUT2D eigenvalue weighted by molar-refractivity contribution is 5.66. The largest absolute Gasteiger partial charge is 0.507 e. The monoisotopic (exact) mass is 191 g/mol. The smallest absolute Gasteiger partial charge is 0.123 e. The van der Waals surface area contributed by atoms with E-state index in [0.29, 0.717) is 5.75 Å². The molecule has 0 atom stereocenters. The number of aryl methyl sites for hydroxylation is 2. The van der Waals surface area contributed by atoms with Crippen molar-refractivity contribution in [2.75, 3.05) is 18.5 Å². The molecular weight excluding hydrogens is 174 g/mol. The Morgan fingerprint density at radius 3 is 2.71 bits per heavy atom. The van der Waals surface area contributed by atoms with Gasteiger partial charge in [-0.3, -0.25) is 0 Å². The van der Waals surface area contributed by atoms with E-state index in [2.05, 4.69) is 24.9 Å². The number of hydrogen-bond donors (Lipinski definition) is 1. The maximum Gasteiger partial charge on any atom is 0.123 e. The number of aromatic hydroxyl groups is 1. The third kappa shape index (κ3) is 1.26. The Balaban J connectivity index is 2.66. The number of anilines is 1. The second kappa shape index (κ2) is 3.19. The molecule has 0 saturated carbocycles. The second-order valence-electron chi connectivity index (χ2n) is 4.21. The molecule has 0 aromatic heterocycles. The summed E-state index contributed by atoms with van der Waals surface area (Å²) in [5.74, 6) is 0.497. The minimum absolute atomic E-state index is 0.497. The SMILES string of the molecule is Cc1cc(C)c2c(c1O)CCCN2C. The van der Waals surface area contributed by atoms with Crippen LogP contribution in [-0.4, -0.2) is 18.7 Å². The lowest BCUT2D eigenvalue weighted by Crippen LogP contribution is -2.25. The third-order valence-corrected chi connectivity index (χ3v) is 3.05. The number of benzene rings is 1. The maximum absolute atomic E-state index is 9.96. The number of phenols is 1. The van der Waals surface area contributed by atoms with E-state index in [4.69, 9.17) is 0 Å². The molecule has 2 rings (SSSR count). The molecule has 0 fully saturated rings. The molecule has 0 bridgehead atoms. The lowest BCUT2D eigenvalue weighted by atomic mass is 9.95. The van der Waals surface area contributed by atoms with Gasteiger partial charge in [0.2, 0.25) is 0 Å². The third-order valence-electron chi connectivity index (χ3n) is 3.05. The van der Waals surface area contributed by atoms with E-state index >= 15 is 0 Å². The first-order valence-corrected chi connectivity index (χ1v) is 5.14. The first kappa shape index (κ1) is 9.38. The predicted molar refractivity (Wildman–Crippen MR) is 59.2 cm³/mol. The number of fused-ring (bicyclic) bond motifs is 1. The number of hydrogen-bond acceptors (Lipinski definition) is 2. The van der Waals surface area contributed by atoms with Gasteiger partial charge in [-0.1, -0.05) is 6.07 Å². The molecule has 0 radical (unpaired) electrons. The van der Waals surface area contributed by atoms with E-state index in [1.54, 1.807) is 0 Å². The summed E-state index contributed by atoms with van der Waals surface area (Å²) < 4.78 is 0. The molecule has 76 valence electrons. The Kier molecular flexibility index (Phi) is 2.14. The van der Waals surface area contributed by atoms with E-state index in [1.807, 2.05) is 6.92 Å². The van der Waals surface area contributed by atoms with Crippen molar-refractivity contribution in [3.63, 3.8) is 0 Å². The van der Waals surface area contributed by atoms with Crippen LogP contribution >= 0.6 is 0 Å². The fourth-order valence-corrected chi connectivity index (χ4v) is 2.42. The van der Waals surface area contributed by atoms with Crippen molar-refractivity contribution in [3.05, 3.63) is 22.8 Å². The van der Waals surface area contributed by atoms with Crippen LogP contribution in [0.25, 0.3) is 0 Å². The molecular formula is C12H17NO. The average molecular weight is 191 g/mol. The van der Waals surface area contributed by atoms with Crippen LogP contribution in [0.15, 0.2) is 6.07 Å². The highest BCUT2D eigenvalue weighted by Crippen LogP contribution is 2.37. The lowest BCUT2D eigenvalue weighted by Gasteiger charge is -2.30. The van der Waals surface area contributed by atoms with E-state index in [0.717, 1.165) is 30.5 Å². The Morgan fingerprint density at radius 2 is 2.00 bits per heavy atom. The molecule has 0 amide bonds. The summed E-state index contributed by atoms with van der Waals surface area (Å²) >= 11 is 0. The average Bonchev–Trinajstić information content (AvgIpc) is 2.14. The van der Waals surface area contributed by atoms with Crippen molar-refractivity contribution >= 4 is 5.69 Å². The van der Waals surface area contributed by atoms with Crippen LogP contribution in [0.4, 0.5) is 5.69 Å². The zero-order valence-corrected chi connectivity index (χ0v) is 9.09. The number of rotatable bonds is 0. The van der Waals surface area contributed by atoms with Crippen LogP contribution in [0.3, 0.4) is 0 Å².